The number of rotatable bonds is 5. The Hall–Kier alpha value is -0.120. The van der Waals surface area contributed by atoms with E-state index in [1.807, 2.05) is 0 Å². The molecule has 0 radical (unpaired) electrons. The summed E-state index contributed by atoms with van der Waals surface area (Å²) >= 11 is 0. The van der Waals surface area contributed by atoms with Crippen molar-refractivity contribution in [1.82, 2.24) is 15.1 Å². The summed E-state index contributed by atoms with van der Waals surface area (Å²) in [5, 5.41) is 3.87. The van der Waals surface area contributed by atoms with Crippen LogP contribution in [0.25, 0.3) is 0 Å². The summed E-state index contributed by atoms with van der Waals surface area (Å²) in [5.74, 6) is 0.924. The molecule has 0 aromatic carbocycles. The molecule has 1 N–H and O–H groups in total. The fraction of sp³-hybridized carbons (Fsp3) is 1.00. The molecule has 0 spiro atoms. The Morgan fingerprint density at radius 3 is 2.47 bits per heavy atom. The summed E-state index contributed by atoms with van der Waals surface area (Å²) in [7, 11) is 0. The number of hydrogen-bond donors (Lipinski definition) is 1. The molecule has 3 heteroatoms. The summed E-state index contributed by atoms with van der Waals surface area (Å²) in [5.41, 5.74) is 0. The first kappa shape index (κ1) is 13.8. The molecule has 1 aliphatic carbocycles. The average Bonchev–Trinajstić information content (AvgIpc) is 3.21. The summed E-state index contributed by atoms with van der Waals surface area (Å²) in [4.78, 5) is 5.33. The van der Waals surface area contributed by atoms with Gasteiger partial charge in [0.15, 0.2) is 0 Å². The highest BCUT2D eigenvalue weighted by atomic mass is 15.3. The van der Waals surface area contributed by atoms with Crippen molar-refractivity contribution in [3.05, 3.63) is 0 Å². The zero-order chi connectivity index (χ0) is 13.2. The van der Waals surface area contributed by atoms with Gasteiger partial charge >= 0.3 is 0 Å². The highest BCUT2D eigenvalue weighted by Gasteiger charge is 2.38. The van der Waals surface area contributed by atoms with E-state index in [0.29, 0.717) is 0 Å². The molecule has 2 atom stereocenters. The molecule has 2 saturated heterocycles. The fourth-order valence-electron chi connectivity index (χ4n) is 3.96. The van der Waals surface area contributed by atoms with E-state index in [4.69, 9.17) is 0 Å². The molecule has 0 aromatic rings. The molecule has 3 fully saturated rings. The Morgan fingerprint density at radius 1 is 1.11 bits per heavy atom. The van der Waals surface area contributed by atoms with Crippen molar-refractivity contribution in [3.63, 3.8) is 0 Å². The molecule has 110 valence electrons. The van der Waals surface area contributed by atoms with Crippen LogP contribution in [0, 0.1) is 5.92 Å². The third-order valence-electron chi connectivity index (χ3n) is 5.49. The van der Waals surface area contributed by atoms with Crippen LogP contribution in [0.1, 0.15) is 46.0 Å². The first-order valence-corrected chi connectivity index (χ1v) is 8.47. The van der Waals surface area contributed by atoms with Gasteiger partial charge in [-0.05, 0) is 71.1 Å². The first-order valence-electron chi connectivity index (χ1n) is 8.47. The van der Waals surface area contributed by atoms with Crippen LogP contribution in [-0.2, 0) is 0 Å². The second-order valence-electron chi connectivity index (χ2n) is 7.00. The molecule has 3 rings (SSSR count). The van der Waals surface area contributed by atoms with E-state index in [9.17, 15) is 0 Å². The van der Waals surface area contributed by atoms with Crippen molar-refractivity contribution >= 4 is 0 Å². The maximum Gasteiger partial charge on any atom is 0.0210 e. The summed E-state index contributed by atoms with van der Waals surface area (Å²) < 4.78 is 0. The lowest BCUT2D eigenvalue weighted by molar-refractivity contribution is 0.187. The lowest BCUT2D eigenvalue weighted by Crippen LogP contribution is -2.40. The summed E-state index contributed by atoms with van der Waals surface area (Å²) in [6.45, 7) is 11.1. The maximum absolute atomic E-state index is 3.87. The van der Waals surface area contributed by atoms with E-state index < -0.39 is 0 Å². The molecular weight excluding hydrogens is 234 g/mol. The molecule has 19 heavy (non-hydrogen) atoms. The summed E-state index contributed by atoms with van der Waals surface area (Å²) in [6.07, 6.45) is 7.06. The highest BCUT2D eigenvalue weighted by Crippen LogP contribution is 2.33. The van der Waals surface area contributed by atoms with Crippen LogP contribution in [0.3, 0.4) is 0 Å². The van der Waals surface area contributed by atoms with Gasteiger partial charge in [-0.15, -0.1) is 0 Å². The molecular formula is C16H31N3. The predicted molar refractivity (Wildman–Crippen MR) is 80.4 cm³/mol. The number of nitrogens with one attached hydrogen (secondary N) is 1. The maximum atomic E-state index is 3.87. The monoisotopic (exact) mass is 265 g/mol. The van der Waals surface area contributed by atoms with Crippen LogP contribution >= 0.6 is 0 Å². The van der Waals surface area contributed by atoms with Crippen LogP contribution in [0.4, 0.5) is 0 Å². The van der Waals surface area contributed by atoms with E-state index in [1.165, 1.54) is 64.8 Å². The van der Waals surface area contributed by atoms with Crippen LogP contribution in [0.5, 0.6) is 0 Å². The largest absolute Gasteiger partial charge is 0.312 e. The van der Waals surface area contributed by atoms with Crippen molar-refractivity contribution in [1.29, 1.82) is 0 Å². The Kier molecular flexibility index (Phi) is 4.45. The first-order chi connectivity index (χ1) is 9.26. The number of hydrogen-bond acceptors (Lipinski definition) is 3. The van der Waals surface area contributed by atoms with E-state index in [2.05, 4.69) is 29.0 Å². The van der Waals surface area contributed by atoms with E-state index in [-0.39, 0.29) is 0 Å². The third-order valence-corrected chi connectivity index (χ3v) is 5.49. The Morgan fingerprint density at radius 2 is 1.84 bits per heavy atom. The zero-order valence-electron chi connectivity index (χ0n) is 12.8. The normalized spacial score (nSPS) is 35.1. The molecule has 2 heterocycles. The third kappa shape index (κ3) is 3.50. The highest BCUT2D eigenvalue weighted by molar-refractivity contribution is 4.96. The second kappa shape index (κ2) is 6.11. The Bertz CT molecular complexity index is 282. The second-order valence-corrected chi connectivity index (χ2v) is 7.00. The lowest BCUT2D eigenvalue weighted by Gasteiger charge is -2.31. The van der Waals surface area contributed by atoms with Gasteiger partial charge in [-0.3, -0.25) is 4.90 Å². The van der Waals surface area contributed by atoms with Crippen molar-refractivity contribution < 1.29 is 0 Å². The average molecular weight is 265 g/mol. The van der Waals surface area contributed by atoms with Gasteiger partial charge < -0.3 is 10.2 Å². The van der Waals surface area contributed by atoms with Crippen molar-refractivity contribution in [3.8, 4) is 0 Å². The van der Waals surface area contributed by atoms with Crippen LogP contribution < -0.4 is 5.32 Å². The number of nitrogens with zero attached hydrogens (tertiary/aromatic N) is 2. The van der Waals surface area contributed by atoms with Crippen LogP contribution in [0.2, 0.25) is 0 Å². The van der Waals surface area contributed by atoms with Gasteiger partial charge in [-0.1, -0.05) is 6.92 Å². The number of piperidine rings is 1. The van der Waals surface area contributed by atoms with Gasteiger partial charge in [0.1, 0.15) is 0 Å². The summed E-state index contributed by atoms with van der Waals surface area (Å²) in [6, 6.07) is 2.52. The Balaban J connectivity index is 1.36. The SMILES string of the molecule is CCN1CCC(CNC2CC(C)N(C3CC3)C2)CC1. The van der Waals surface area contributed by atoms with E-state index in [0.717, 1.165) is 24.0 Å². The minimum Gasteiger partial charge on any atom is -0.312 e. The molecule has 0 aromatic heterocycles. The molecule has 3 nitrogen and oxygen atoms in total. The zero-order valence-corrected chi connectivity index (χ0v) is 12.8. The molecule has 0 amide bonds. The molecule has 2 unspecified atom stereocenters. The van der Waals surface area contributed by atoms with Crippen LogP contribution in [0.15, 0.2) is 0 Å². The van der Waals surface area contributed by atoms with Gasteiger partial charge in [-0.25, -0.2) is 0 Å². The van der Waals surface area contributed by atoms with Crippen LogP contribution in [-0.4, -0.2) is 60.6 Å². The Labute approximate surface area is 118 Å². The predicted octanol–water partition coefficient (Wildman–Crippen LogP) is 1.93. The van der Waals surface area contributed by atoms with Gasteiger partial charge in [0.05, 0.1) is 0 Å². The van der Waals surface area contributed by atoms with Crippen molar-refractivity contribution in [2.45, 2.75) is 64.1 Å². The van der Waals surface area contributed by atoms with Gasteiger partial charge in [0.2, 0.25) is 0 Å². The fourth-order valence-corrected chi connectivity index (χ4v) is 3.96. The molecule has 3 aliphatic rings. The smallest absolute Gasteiger partial charge is 0.0210 e. The topological polar surface area (TPSA) is 18.5 Å². The quantitative estimate of drug-likeness (QED) is 0.819. The van der Waals surface area contributed by atoms with E-state index >= 15 is 0 Å². The lowest BCUT2D eigenvalue weighted by atomic mass is 9.96. The van der Waals surface area contributed by atoms with E-state index in [1.54, 1.807) is 0 Å². The molecule has 1 saturated carbocycles. The van der Waals surface area contributed by atoms with Crippen molar-refractivity contribution in [2.24, 2.45) is 5.92 Å². The molecule has 2 aliphatic heterocycles. The van der Waals surface area contributed by atoms with Gasteiger partial charge in [-0.2, -0.15) is 0 Å². The minimum atomic E-state index is 0.764. The van der Waals surface area contributed by atoms with Gasteiger partial charge in [0, 0.05) is 24.7 Å². The van der Waals surface area contributed by atoms with Gasteiger partial charge in [0.25, 0.3) is 0 Å². The minimum absolute atomic E-state index is 0.764. The number of likely N-dealkylation sites (tertiary alicyclic amines) is 2. The van der Waals surface area contributed by atoms with Crippen molar-refractivity contribution in [2.75, 3.05) is 32.7 Å². The standard InChI is InChI=1S/C16H31N3/c1-3-18-8-6-14(7-9-18)11-17-15-10-13(2)19(12-15)16-4-5-16/h13-17H,3-12H2,1-2H3. The molecule has 0 bridgehead atoms.